The lowest BCUT2D eigenvalue weighted by molar-refractivity contribution is -0.130. The van der Waals surface area contributed by atoms with Gasteiger partial charge in [-0.25, -0.2) is 0 Å². The Labute approximate surface area is 66.5 Å². The Morgan fingerprint density at radius 1 is 1.73 bits per heavy atom. The van der Waals surface area contributed by atoms with Crippen LogP contribution in [0.4, 0.5) is 0 Å². The number of likely N-dealkylation sites (tertiary alicyclic amines) is 1. The molecule has 1 aliphatic heterocycles. The maximum absolute atomic E-state index is 11.1. The number of carbonyl (C=O) groups excluding carboxylic acids is 1. The third kappa shape index (κ3) is 1.52. The fraction of sp³-hybridized carbons (Fsp3) is 0.857. The van der Waals surface area contributed by atoms with Gasteiger partial charge in [0.05, 0.1) is 6.54 Å². The first-order valence-electron chi connectivity index (χ1n) is 3.92. The van der Waals surface area contributed by atoms with Crippen molar-refractivity contribution in [3.05, 3.63) is 0 Å². The molecule has 0 aromatic carbocycles. The van der Waals surface area contributed by atoms with E-state index in [1.165, 1.54) is 0 Å². The molecule has 1 aliphatic rings. The minimum atomic E-state index is 0.00505. The zero-order valence-corrected chi connectivity index (χ0v) is 6.79. The Bertz CT molecular complexity index is 160. The molecule has 2 atom stereocenters. The van der Waals surface area contributed by atoms with E-state index < -0.39 is 0 Å². The molecule has 1 fully saturated rings. The van der Waals surface area contributed by atoms with Crippen molar-refractivity contribution in [1.29, 1.82) is 0 Å². The van der Waals surface area contributed by atoms with Crippen molar-refractivity contribution in [2.45, 2.75) is 25.4 Å². The summed E-state index contributed by atoms with van der Waals surface area (Å²) in [6.45, 7) is 2.82. The first kappa shape index (κ1) is 8.49. The highest BCUT2D eigenvalue weighted by atomic mass is 16.2. The molecule has 4 nitrogen and oxygen atoms in total. The van der Waals surface area contributed by atoms with E-state index in [-0.39, 0.29) is 24.5 Å². The summed E-state index contributed by atoms with van der Waals surface area (Å²) in [5, 5.41) is 0. The molecule has 0 aliphatic carbocycles. The van der Waals surface area contributed by atoms with Crippen molar-refractivity contribution in [1.82, 2.24) is 4.90 Å². The monoisotopic (exact) mass is 157 g/mol. The smallest absolute Gasteiger partial charge is 0.236 e. The van der Waals surface area contributed by atoms with Gasteiger partial charge in [0.2, 0.25) is 5.91 Å². The molecule has 4 N–H and O–H groups in total. The number of rotatable bonds is 1. The molecule has 1 amide bonds. The van der Waals surface area contributed by atoms with Crippen molar-refractivity contribution < 1.29 is 4.79 Å². The molecular formula is C7H15N3O. The van der Waals surface area contributed by atoms with Gasteiger partial charge in [0.15, 0.2) is 0 Å². The predicted molar refractivity (Wildman–Crippen MR) is 42.8 cm³/mol. The van der Waals surface area contributed by atoms with Crippen LogP contribution in [0.3, 0.4) is 0 Å². The number of amides is 1. The third-order valence-corrected chi connectivity index (χ3v) is 2.31. The first-order valence-corrected chi connectivity index (χ1v) is 3.92. The quantitative estimate of drug-likeness (QED) is 0.507. The van der Waals surface area contributed by atoms with Crippen molar-refractivity contribution in [3.63, 3.8) is 0 Å². The van der Waals surface area contributed by atoms with E-state index in [0.29, 0.717) is 0 Å². The number of carbonyl (C=O) groups is 1. The molecule has 1 saturated heterocycles. The molecule has 0 bridgehead atoms. The summed E-state index contributed by atoms with van der Waals surface area (Å²) >= 11 is 0. The van der Waals surface area contributed by atoms with Crippen LogP contribution in [-0.4, -0.2) is 36.0 Å². The minimum Gasteiger partial charge on any atom is -0.337 e. The Morgan fingerprint density at radius 3 is 2.73 bits per heavy atom. The van der Waals surface area contributed by atoms with E-state index in [9.17, 15) is 4.79 Å². The average Bonchev–Trinajstić information content (AvgIpc) is 2.32. The van der Waals surface area contributed by atoms with E-state index >= 15 is 0 Å². The van der Waals surface area contributed by atoms with Gasteiger partial charge in [0.1, 0.15) is 0 Å². The number of hydrogen-bond donors (Lipinski definition) is 2. The van der Waals surface area contributed by atoms with E-state index in [4.69, 9.17) is 11.5 Å². The van der Waals surface area contributed by atoms with Crippen LogP contribution in [0.1, 0.15) is 13.3 Å². The van der Waals surface area contributed by atoms with E-state index in [1.807, 2.05) is 6.92 Å². The minimum absolute atomic E-state index is 0.00505. The van der Waals surface area contributed by atoms with Crippen LogP contribution >= 0.6 is 0 Å². The van der Waals surface area contributed by atoms with Crippen molar-refractivity contribution in [2.75, 3.05) is 13.1 Å². The van der Waals surface area contributed by atoms with Crippen LogP contribution < -0.4 is 11.5 Å². The summed E-state index contributed by atoms with van der Waals surface area (Å²) in [5.41, 5.74) is 11.0. The lowest BCUT2D eigenvalue weighted by atomic mass is 10.2. The van der Waals surface area contributed by atoms with Gasteiger partial charge in [0, 0.05) is 18.6 Å². The molecular weight excluding hydrogens is 142 g/mol. The van der Waals surface area contributed by atoms with Crippen molar-refractivity contribution >= 4 is 5.91 Å². The second-order valence-corrected chi connectivity index (χ2v) is 2.98. The van der Waals surface area contributed by atoms with Gasteiger partial charge < -0.3 is 16.4 Å². The summed E-state index contributed by atoms with van der Waals surface area (Å²) < 4.78 is 0. The van der Waals surface area contributed by atoms with Crippen LogP contribution in [0.25, 0.3) is 0 Å². The molecule has 11 heavy (non-hydrogen) atoms. The van der Waals surface area contributed by atoms with Gasteiger partial charge in [0.25, 0.3) is 0 Å². The molecule has 1 heterocycles. The van der Waals surface area contributed by atoms with Gasteiger partial charge in [-0.05, 0) is 13.3 Å². The van der Waals surface area contributed by atoms with Crippen molar-refractivity contribution in [3.8, 4) is 0 Å². The van der Waals surface area contributed by atoms with E-state index in [0.717, 1.165) is 13.0 Å². The summed E-state index contributed by atoms with van der Waals surface area (Å²) in [7, 11) is 0. The SMILES string of the molecule is CC1C(N)CCN1C(=O)CN. The van der Waals surface area contributed by atoms with Gasteiger partial charge in [-0.15, -0.1) is 0 Å². The molecule has 0 radical (unpaired) electrons. The summed E-state index contributed by atoms with van der Waals surface area (Å²) in [6.07, 6.45) is 0.896. The van der Waals surface area contributed by atoms with Gasteiger partial charge in [-0.2, -0.15) is 0 Å². The fourth-order valence-corrected chi connectivity index (χ4v) is 1.43. The molecule has 64 valence electrons. The van der Waals surface area contributed by atoms with Crippen LogP contribution in [-0.2, 0) is 4.79 Å². The van der Waals surface area contributed by atoms with E-state index in [1.54, 1.807) is 4.90 Å². The largest absolute Gasteiger partial charge is 0.337 e. The zero-order chi connectivity index (χ0) is 8.43. The van der Waals surface area contributed by atoms with Gasteiger partial charge in [-0.3, -0.25) is 4.79 Å². The number of nitrogens with two attached hydrogens (primary N) is 2. The van der Waals surface area contributed by atoms with E-state index in [2.05, 4.69) is 0 Å². The molecule has 4 heteroatoms. The third-order valence-electron chi connectivity index (χ3n) is 2.31. The number of nitrogens with zero attached hydrogens (tertiary/aromatic N) is 1. The van der Waals surface area contributed by atoms with Crippen molar-refractivity contribution in [2.24, 2.45) is 11.5 Å². The second kappa shape index (κ2) is 3.19. The summed E-state index contributed by atoms with van der Waals surface area (Å²) in [4.78, 5) is 12.9. The van der Waals surface area contributed by atoms with Crippen LogP contribution in [0, 0.1) is 0 Å². The Kier molecular flexibility index (Phi) is 2.46. The average molecular weight is 157 g/mol. The van der Waals surface area contributed by atoms with Crippen LogP contribution in [0.2, 0.25) is 0 Å². The fourth-order valence-electron chi connectivity index (χ4n) is 1.43. The van der Waals surface area contributed by atoms with Crippen LogP contribution in [0.15, 0.2) is 0 Å². The highest BCUT2D eigenvalue weighted by molar-refractivity contribution is 5.78. The summed E-state index contributed by atoms with van der Waals surface area (Å²) in [5.74, 6) is 0.00505. The Balaban J connectivity index is 2.54. The molecule has 0 saturated carbocycles. The van der Waals surface area contributed by atoms with Crippen LogP contribution in [0.5, 0.6) is 0 Å². The molecule has 1 rings (SSSR count). The maximum atomic E-state index is 11.1. The highest BCUT2D eigenvalue weighted by Gasteiger charge is 2.30. The number of hydrogen-bond acceptors (Lipinski definition) is 3. The second-order valence-electron chi connectivity index (χ2n) is 2.98. The Hall–Kier alpha value is -0.610. The summed E-state index contributed by atoms with van der Waals surface area (Å²) in [6, 6.07) is 0.288. The molecule has 2 unspecified atom stereocenters. The lowest BCUT2D eigenvalue weighted by Crippen LogP contribution is -2.42. The Morgan fingerprint density at radius 2 is 2.36 bits per heavy atom. The predicted octanol–water partition coefficient (Wildman–Crippen LogP) is -1.11. The molecule has 0 aromatic rings. The normalized spacial score (nSPS) is 31.0. The molecule has 0 aromatic heterocycles. The molecule has 0 spiro atoms. The zero-order valence-electron chi connectivity index (χ0n) is 6.79. The first-order chi connectivity index (χ1) is 5.16. The topological polar surface area (TPSA) is 72.3 Å². The van der Waals surface area contributed by atoms with Gasteiger partial charge in [-0.1, -0.05) is 0 Å². The van der Waals surface area contributed by atoms with Gasteiger partial charge >= 0.3 is 0 Å². The highest BCUT2D eigenvalue weighted by Crippen LogP contribution is 2.14. The maximum Gasteiger partial charge on any atom is 0.236 e. The standard InChI is InChI=1S/C7H15N3O/c1-5-6(9)2-3-10(5)7(11)4-8/h5-6H,2-4,8-9H2,1H3. The lowest BCUT2D eigenvalue weighted by Gasteiger charge is -2.22.